The third-order valence-electron chi connectivity index (χ3n) is 3.33. The van der Waals surface area contributed by atoms with E-state index in [-0.39, 0.29) is 18.0 Å². The van der Waals surface area contributed by atoms with E-state index in [4.69, 9.17) is 5.11 Å². The molecule has 1 aliphatic heterocycles. The SMILES string of the molecule is CC(CCCC(C)N1CCCNC1=O)C(=O)O. The van der Waals surface area contributed by atoms with Crippen LogP contribution in [0.2, 0.25) is 0 Å². The van der Waals surface area contributed by atoms with Gasteiger partial charge in [-0.2, -0.15) is 0 Å². The Morgan fingerprint density at radius 2 is 2.18 bits per heavy atom. The van der Waals surface area contributed by atoms with Crippen molar-refractivity contribution in [2.24, 2.45) is 5.92 Å². The van der Waals surface area contributed by atoms with E-state index in [1.165, 1.54) is 0 Å². The normalized spacial score (nSPS) is 19.6. The van der Waals surface area contributed by atoms with Crippen LogP contribution in [0.15, 0.2) is 0 Å². The van der Waals surface area contributed by atoms with Gasteiger partial charge in [0.25, 0.3) is 0 Å². The first-order valence-corrected chi connectivity index (χ1v) is 6.29. The molecule has 1 saturated heterocycles. The number of hydrogen-bond acceptors (Lipinski definition) is 2. The predicted octanol–water partition coefficient (Wildman–Crippen LogP) is 1.68. The fraction of sp³-hybridized carbons (Fsp3) is 0.833. The van der Waals surface area contributed by atoms with Crippen LogP contribution in [0.1, 0.15) is 39.5 Å². The molecule has 1 heterocycles. The predicted molar refractivity (Wildman–Crippen MR) is 64.8 cm³/mol. The van der Waals surface area contributed by atoms with E-state index in [0.717, 1.165) is 32.4 Å². The number of hydrogen-bond donors (Lipinski definition) is 2. The molecule has 0 bridgehead atoms. The van der Waals surface area contributed by atoms with Crippen LogP contribution in [-0.4, -0.2) is 41.1 Å². The zero-order chi connectivity index (χ0) is 12.8. The Bertz CT molecular complexity index is 281. The maximum atomic E-state index is 11.6. The van der Waals surface area contributed by atoms with Gasteiger partial charge >= 0.3 is 12.0 Å². The number of rotatable bonds is 6. The van der Waals surface area contributed by atoms with Crippen LogP contribution in [0.5, 0.6) is 0 Å². The molecule has 17 heavy (non-hydrogen) atoms. The van der Waals surface area contributed by atoms with Gasteiger partial charge in [-0.25, -0.2) is 4.79 Å². The Kier molecular flexibility index (Phi) is 5.25. The van der Waals surface area contributed by atoms with Gasteiger partial charge in [0.1, 0.15) is 0 Å². The van der Waals surface area contributed by atoms with Crippen molar-refractivity contribution in [3.63, 3.8) is 0 Å². The minimum atomic E-state index is -0.742. The number of carboxylic acid groups (broad SMARTS) is 1. The molecule has 2 N–H and O–H groups in total. The van der Waals surface area contributed by atoms with Crippen molar-refractivity contribution < 1.29 is 14.7 Å². The molecule has 0 aromatic rings. The maximum absolute atomic E-state index is 11.6. The average molecular weight is 242 g/mol. The van der Waals surface area contributed by atoms with E-state index in [0.29, 0.717) is 6.42 Å². The highest BCUT2D eigenvalue weighted by Crippen LogP contribution is 2.14. The van der Waals surface area contributed by atoms with E-state index in [1.807, 2.05) is 11.8 Å². The van der Waals surface area contributed by atoms with Crippen molar-refractivity contribution in [2.45, 2.75) is 45.6 Å². The van der Waals surface area contributed by atoms with Crippen LogP contribution < -0.4 is 5.32 Å². The largest absolute Gasteiger partial charge is 0.481 e. The molecule has 0 spiro atoms. The summed E-state index contributed by atoms with van der Waals surface area (Å²) in [5.74, 6) is -1.04. The van der Waals surface area contributed by atoms with Crippen LogP contribution >= 0.6 is 0 Å². The molecule has 2 unspecified atom stereocenters. The minimum Gasteiger partial charge on any atom is -0.481 e. The topological polar surface area (TPSA) is 69.6 Å². The molecule has 5 nitrogen and oxygen atoms in total. The fourth-order valence-electron chi connectivity index (χ4n) is 2.07. The third kappa shape index (κ3) is 4.24. The number of nitrogens with zero attached hydrogens (tertiary/aromatic N) is 1. The lowest BCUT2D eigenvalue weighted by Crippen LogP contribution is -2.50. The second kappa shape index (κ2) is 6.47. The van der Waals surface area contributed by atoms with E-state index in [1.54, 1.807) is 6.92 Å². The third-order valence-corrected chi connectivity index (χ3v) is 3.33. The number of amides is 2. The smallest absolute Gasteiger partial charge is 0.317 e. The molecule has 1 rings (SSSR count). The van der Waals surface area contributed by atoms with E-state index >= 15 is 0 Å². The molecule has 0 aromatic heterocycles. The second-order valence-electron chi connectivity index (χ2n) is 4.80. The lowest BCUT2D eigenvalue weighted by molar-refractivity contribution is -0.141. The quantitative estimate of drug-likeness (QED) is 0.744. The van der Waals surface area contributed by atoms with Crippen LogP contribution in [0, 0.1) is 5.92 Å². The van der Waals surface area contributed by atoms with Crippen molar-refractivity contribution >= 4 is 12.0 Å². The van der Waals surface area contributed by atoms with Crippen molar-refractivity contribution in [1.29, 1.82) is 0 Å². The monoisotopic (exact) mass is 242 g/mol. The Balaban J connectivity index is 2.26. The molecule has 0 aliphatic carbocycles. The van der Waals surface area contributed by atoms with Gasteiger partial charge in [0, 0.05) is 19.1 Å². The van der Waals surface area contributed by atoms with Crippen molar-refractivity contribution in [1.82, 2.24) is 10.2 Å². The molecule has 98 valence electrons. The number of aliphatic carboxylic acids is 1. The summed E-state index contributed by atoms with van der Waals surface area (Å²) < 4.78 is 0. The molecular weight excluding hydrogens is 220 g/mol. The average Bonchev–Trinajstić information content (AvgIpc) is 2.29. The zero-order valence-electron chi connectivity index (χ0n) is 10.6. The van der Waals surface area contributed by atoms with Crippen molar-refractivity contribution in [2.75, 3.05) is 13.1 Å². The Morgan fingerprint density at radius 1 is 1.47 bits per heavy atom. The van der Waals surface area contributed by atoms with Gasteiger partial charge in [0.15, 0.2) is 0 Å². The van der Waals surface area contributed by atoms with Gasteiger partial charge in [0.2, 0.25) is 0 Å². The standard InChI is InChI=1S/C12H22N2O3/c1-9(11(15)16)5-3-6-10(2)14-8-4-7-13-12(14)17/h9-10H,3-8H2,1-2H3,(H,13,17)(H,15,16). The molecule has 1 aliphatic rings. The van der Waals surface area contributed by atoms with Gasteiger partial charge in [-0.05, 0) is 26.2 Å². The van der Waals surface area contributed by atoms with Gasteiger partial charge < -0.3 is 15.3 Å². The fourth-order valence-corrected chi connectivity index (χ4v) is 2.07. The zero-order valence-corrected chi connectivity index (χ0v) is 10.6. The highest BCUT2D eigenvalue weighted by Gasteiger charge is 2.22. The van der Waals surface area contributed by atoms with Gasteiger partial charge in [-0.1, -0.05) is 13.3 Å². The van der Waals surface area contributed by atoms with E-state index < -0.39 is 5.97 Å². The summed E-state index contributed by atoms with van der Waals surface area (Å²) in [6.45, 7) is 5.32. The van der Waals surface area contributed by atoms with Gasteiger partial charge in [-0.3, -0.25) is 4.79 Å². The summed E-state index contributed by atoms with van der Waals surface area (Å²) in [5, 5.41) is 11.6. The van der Waals surface area contributed by atoms with Crippen molar-refractivity contribution in [3.05, 3.63) is 0 Å². The van der Waals surface area contributed by atoms with Crippen LogP contribution in [-0.2, 0) is 4.79 Å². The number of carboxylic acids is 1. The molecule has 0 aromatic carbocycles. The highest BCUT2D eigenvalue weighted by atomic mass is 16.4. The van der Waals surface area contributed by atoms with E-state index in [2.05, 4.69) is 5.32 Å². The Labute approximate surface area is 102 Å². The summed E-state index contributed by atoms with van der Waals surface area (Å²) in [6.07, 6.45) is 3.38. The van der Waals surface area contributed by atoms with Crippen LogP contribution in [0.3, 0.4) is 0 Å². The lowest BCUT2D eigenvalue weighted by Gasteiger charge is -2.33. The molecule has 5 heteroatoms. The van der Waals surface area contributed by atoms with Gasteiger partial charge in [0.05, 0.1) is 5.92 Å². The summed E-state index contributed by atoms with van der Waals surface area (Å²) in [5.41, 5.74) is 0. The summed E-state index contributed by atoms with van der Waals surface area (Å²) >= 11 is 0. The molecule has 0 saturated carbocycles. The molecule has 2 amide bonds. The lowest BCUT2D eigenvalue weighted by atomic mass is 10.0. The first-order valence-electron chi connectivity index (χ1n) is 6.29. The Morgan fingerprint density at radius 3 is 2.76 bits per heavy atom. The first kappa shape index (κ1) is 13.8. The molecule has 1 fully saturated rings. The summed E-state index contributed by atoms with van der Waals surface area (Å²) in [4.78, 5) is 24.1. The highest BCUT2D eigenvalue weighted by molar-refractivity contribution is 5.75. The molecule has 2 atom stereocenters. The maximum Gasteiger partial charge on any atom is 0.317 e. The first-order chi connectivity index (χ1) is 8.02. The number of carbonyl (C=O) groups is 2. The van der Waals surface area contributed by atoms with E-state index in [9.17, 15) is 9.59 Å². The summed E-state index contributed by atoms with van der Waals surface area (Å²) in [7, 11) is 0. The van der Waals surface area contributed by atoms with Crippen LogP contribution in [0.25, 0.3) is 0 Å². The van der Waals surface area contributed by atoms with Gasteiger partial charge in [-0.15, -0.1) is 0 Å². The minimum absolute atomic E-state index is 0.00929. The molecular formula is C12H22N2O3. The summed E-state index contributed by atoms with van der Waals surface area (Å²) in [6, 6.07) is 0.200. The number of carbonyl (C=O) groups excluding carboxylic acids is 1. The number of nitrogens with one attached hydrogen (secondary N) is 1. The number of urea groups is 1. The second-order valence-corrected chi connectivity index (χ2v) is 4.80. The van der Waals surface area contributed by atoms with Crippen LogP contribution in [0.4, 0.5) is 4.79 Å². The van der Waals surface area contributed by atoms with Crippen molar-refractivity contribution in [3.8, 4) is 0 Å². The molecule has 0 radical (unpaired) electrons. The Hall–Kier alpha value is -1.26.